The lowest BCUT2D eigenvalue weighted by Crippen LogP contribution is -2.11. The Morgan fingerprint density at radius 1 is 1.00 bits per heavy atom. The van der Waals surface area contributed by atoms with Crippen molar-refractivity contribution in [2.75, 3.05) is 0 Å². The van der Waals surface area contributed by atoms with Gasteiger partial charge in [-0.1, -0.05) is 81.0 Å². The highest BCUT2D eigenvalue weighted by Gasteiger charge is 2.23. The molecule has 0 fully saturated rings. The van der Waals surface area contributed by atoms with E-state index in [9.17, 15) is 0 Å². The molecule has 2 aliphatic rings. The SMILES string of the molecule is CC1=CC2=CC=CCC(c3ccc(C(C)(C)C)cc3)C2=C1. The molecule has 0 heteroatoms. The lowest BCUT2D eigenvalue weighted by molar-refractivity contribution is 0.589. The first-order chi connectivity index (χ1) is 9.95. The smallest absolute Gasteiger partial charge is 0.0130 e. The second-order valence-electron chi connectivity index (χ2n) is 7.20. The molecule has 108 valence electrons. The highest BCUT2D eigenvalue weighted by molar-refractivity contribution is 5.58. The summed E-state index contributed by atoms with van der Waals surface area (Å²) in [5, 5.41) is 0. The van der Waals surface area contributed by atoms with Crippen molar-refractivity contribution in [1.82, 2.24) is 0 Å². The van der Waals surface area contributed by atoms with E-state index in [0.29, 0.717) is 5.92 Å². The average molecular weight is 276 g/mol. The van der Waals surface area contributed by atoms with Gasteiger partial charge in [0.15, 0.2) is 0 Å². The summed E-state index contributed by atoms with van der Waals surface area (Å²) in [4.78, 5) is 0. The van der Waals surface area contributed by atoms with Gasteiger partial charge in [0.2, 0.25) is 0 Å². The molecule has 0 saturated carbocycles. The zero-order valence-electron chi connectivity index (χ0n) is 13.5. The van der Waals surface area contributed by atoms with Crippen LogP contribution in [0.25, 0.3) is 0 Å². The van der Waals surface area contributed by atoms with E-state index in [2.05, 4.69) is 82.3 Å². The van der Waals surface area contributed by atoms with E-state index in [0.717, 1.165) is 6.42 Å². The van der Waals surface area contributed by atoms with Crippen LogP contribution in [0, 0.1) is 0 Å². The van der Waals surface area contributed by atoms with Crippen LogP contribution in [0.1, 0.15) is 51.2 Å². The Hall–Kier alpha value is -1.82. The lowest BCUT2D eigenvalue weighted by atomic mass is 9.82. The van der Waals surface area contributed by atoms with Gasteiger partial charge in [-0.25, -0.2) is 0 Å². The molecular weight excluding hydrogens is 252 g/mol. The molecule has 0 nitrogen and oxygen atoms in total. The zero-order valence-corrected chi connectivity index (χ0v) is 13.5. The van der Waals surface area contributed by atoms with Gasteiger partial charge in [0, 0.05) is 5.92 Å². The second-order valence-corrected chi connectivity index (χ2v) is 7.20. The van der Waals surface area contributed by atoms with Crippen molar-refractivity contribution in [3.05, 3.63) is 82.5 Å². The highest BCUT2D eigenvalue weighted by Crippen LogP contribution is 2.40. The number of allylic oxidation sites excluding steroid dienone is 8. The number of fused-ring (bicyclic) bond motifs is 1. The molecule has 21 heavy (non-hydrogen) atoms. The largest absolute Gasteiger partial charge is 0.0836 e. The molecule has 0 heterocycles. The molecule has 0 aliphatic heterocycles. The van der Waals surface area contributed by atoms with Crippen LogP contribution >= 0.6 is 0 Å². The monoisotopic (exact) mass is 276 g/mol. The Kier molecular flexibility index (Phi) is 3.49. The highest BCUT2D eigenvalue weighted by atomic mass is 14.3. The molecule has 0 N–H and O–H groups in total. The third-order valence-corrected chi connectivity index (χ3v) is 4.44. The van der Waals surface area contributed by atoms with Crippen molar-refractivity contribution in [2.24, 2.45) is 0 Å². The molecule has 1 unspecified atom stereocenters. The summed E-state index contributed by atoms with van der Waals surface area (Å²) in [5.74, 6) is 0.484. The van der Waals surface area contributed by atoms with Crippen LogP contribution in [0.2, 0.25) is 0 Å². The zero-order chi connectivity index (χ0) is 15.0. The van der Waals surface area contributed by atoms with Crippen LogP contribution in [-0.2, 0) is 5.41 Å². The first kappa shape index (κ1) is 14.1. The third kappa shape index (κ3) is 2.81. The van der Waals surface area contributed by atoms with Crippen LogP contribution in [0.3, 0.4) is 0 Å². The van der Waals surface area contributed by atoms with Crippen molar-refractivity contribution in [2.45, 2.75) is 45.4 Å². The van der Waals surface area contributed by atoms with E-state index in [-0.39, 0.29) is 5.41 Å². The van der Waals surface area contributed by atoms with Crippen molar-refractivity contribution in [1.29, 1.82) is 0 Å². The number of hydrogen-bond donors (Lipinski definition) is 0. The van der Waals surface area contributed by atoms with E-state index in [1.807, 2.05) is 0 Å². The predicted molar refractivity (Wildman–Crippen MR) is 91.6 cm³/mol. The summed E-state index contributed by atoms with van der Waals surface area (Å²) in [6.45, 7) is 8.99. The first-order valence-corrected chi connectivity index (χ1v) is 7.83. The number of hydrogen-bond acceptors (Lipinski definition) is 0. The van der Waals surface area contributed by atoms with Crippen molar-refractivity contribution in [3.8, 4) is 0 Å². The summed E-state index contributed by atoms with van der Waals surface area (Å²) in [6.07, 6.45) is 12.5. The maximum Gasteiger partial charge on any atom is 0.0130 e. The summed E-state index contributed by atoms with van der Waals surface area (Å²) in [5.41, 5.74) is 7.27. The van der Waals surface area contributed by atoms with Gasteiger partial charge in [-0.15, -0.1) is 0 Å². The van der Waals surface area contributed by atoms with E-state index < -0.39 is 0 Å². The summed E-state index contributed by atoms with van der Waals surface area (Å²) < 4.78 is 0. The Labute approximate surface area is 128 Å². The van der Waals surface area contributed by atoms with Crippen molar-refractivity contribution < 1.29 is 0 Å². The summed E-state index contributed by atoms with van der Waals surface area (Å²) >= 11 is 0. The summed E-state index contributed by atoms with van der Waals surface area (Å²) in [6, 6.07) is 9.22. The van der Waals surface area contributed by atoms with Crippen molar-refractivity contribution >= 4 is 0 Å². The first-order valence-electron chi connectivity index (χ1n) is 7.83. The molecule has 0 bridgehead atoms. The van der Waals surface area contributed by atoms with Gasteiger partial charge in [-0.2, -0.15) is 0 Å². The van der Waals surface area contributed by atoms with Gasteiger partial charge in [0.1, 0.15) is 0 Å². The van der Waals surface area contributed by atoms with Crippen LogP contribution in [0.4, 0.5) is 0 Å². The molecule has 0 spiro atoms. The Morgan fingerprint density at radius 2 is 1.71 bits per heavy atom. The molecule has 3 rings (SSSR count). The van der Waals surface area contributed by atoms with Crippen LogP contribution in [0.15, 0.2) is 71.4 Å². The maximum absolute atomic E-state index is 2.35. The van der Waals surface area contributed by atoms with Gasteiger partial charge in [0.25, 0.3) is 0 Å². The van der Waals surface area contributed by atoms with Gasteiger partial charge < -0.3 is 0 Å². The molecule has 0 amide bonds. The predicted octanol–water partition coefficient (Wildman–Crippen LogP) is 5.84. The normalized spacial score (nSPS) is 21.3. The number of benzene rings is 1. The molecule has 2 aliphatic carbocycles. The second kappa shape index (κ2) is 5.18. The summed E-state index contributed by atoms with van der Waals surface area (Å²) in [7, 11) is 0. The van der Waals surface area contributed by atoms with Crippen LogP contribution < -0.4 is 0 Å². The maximum atomic E-state index is 2.35. The minimum absolute atomic E-state index is 0.220. The molecule has 1 aromatic carbocycles. The topological polar surface area (TPSA) is 0 Å². The molecular formula is C21H24. The minimum Gasteiger partial charge on any atom is -0.0836 e. The van der Waals surface area contributed by atoms with Crippen LogP contribution in [0.5, 0.6) is 0 Å². The van der Waals surface area contributed by atoms with Gasteiger partial charge >= 0.3 is 0 Å². The Balaban J connectivity index is 1.95. The Morgan fingerprint density at radius 3 is 2.38 bits per heavy atom. The van der Waals surface area contributed by atoms with Gasteiger partial charge in [-0.05, 0) is 41.0 Å². The average Bonchev–Trinajstić information content (AvgIpc) is 2.68. The fourth-order valence-electron chi connectivity index (χ4n) is 3.19. The van der Waals surface area contributed by atoms with Gasteiger partial charge in [-0.3, -0.25) is 0 Å². The van der Waals surface area contributed by atoms with E-state index >= 15 is 0 Å². The van der Waals surface area contributed by atoms with Crippen LogP contribution in [-0.4, -0.2) is 0 Å². The molecule has 0 aromatic heterocycles. The number of rotatable bonds is 1. The fraction of sp³-hybridized carbons (Fsp3) is 0.333. The van der Waals surface area contributed by atoms with Crippen molar-refractivity contribution in [3.63, 3.8) is 0 Å². The molecule has 1 atom stereocenters. The standard InChI is InChI=1S/C21H24/c1-15-13-17-7-5-6-8-19(20(17)14-15)16-9-11-18(12-10-16)21(2,3)4/h5-7,9-14,19H,8H2,1-4H3. The lowest BCUT2D eigenvalue weighted by Gasteiger charge is -2.22. The molecule has 0 radical (unpaired) electrons. The van der Waals surface area contributed by atoms with E-state index in [1.54, 1.807) is 0 Å². The van der Waals surface area contributed by atoms with E-state index in [4.69, 9.17) is 0 Å². The Bertz CT molecular complexity index is 655. The molecule has 1 aromatic rings. The minimum atomic E-state index is 0.220. The van der Waals surface area contributed by atoms with E-state index in [1.165, 1.54) is 27.8 Å². The third-order valence-electron chi connectivity index (χ3n) is 4.44. The van der Waals surface area contributed by atoms with Gasteiger partial charge in [0.05, 0.1) is 0 Å². The molecule has 0 saturated heterocycles. The quantitative estimate of drug-likeness (QED) is 0.604. The fourth-order valence-corrected chi connectivity index (χ4v) is 3.19.